The first-order chi connectivity index (χ1) is 13.2. The van der Waals surface area contributed by atoms with Gasteiger partial charge in [0.25, 0.3) is 0 Å². The van der Waals surface area contributed by atoms with Crippen molar-refractivity contribution < 1.29 is 5.11 Å². The molecule has 3 aromatic rings. The first-order valence-electron chi connectivity index (χ1n) is 9.30. The van der Waals surface area contributed by atoms with Gasteiger partial charge in [0, 0.05) is 44.4 Å². The third-order valence-electron chi connectivity index (χ3n) is 5.04. The second-order valence-electron chi connectivity index (χ2n) is 6.75. The van der Waals surface area contributed by atoms with E-state index in [4.69, 9.17) is 0 Å². The normalized spacial score (nSPS) is 15.4. The molecule has 1 aromatic heterocycles. The van der Waals surface area contributed by atoms with Crippen molar-refractivity contribution >= 4 is 22.5 Å². The third kappa shape index (κ3) is 3.69. The van der Waals surface area contributed by atoms with Crippen molar-refractivity contribution in [1.82, 2.24) is 15.2 Å². The lowest BCUT2D eigenvalue weighted by Gasteiger charge is -2.37. The molecule has 2 heterocycles. The molecule has 27 heavy (non-hydrogen) atoms. The number of nitrogens with zero attached hydrogens (tertiary/aromatic N) is 3. The van der Waals surface area contributed by atoms with Crippen LogP contribution in [0.2, 0.25) is 0 Å². The number of aliphatic imine (C=N–C) groups is 1. The molecule has 0 unspecified atom stereocenters. The van der Waals surface area contributed by atoms with Crippen molar-refractivity contribution in [3.05, 3.63) is 60.3 Å². The van der Waals surface area contributed by atoms with E-state index in [0.717, 1.165) is 49.0 Å². The van der Waals surface area contributed by atoms with Gasteiger partial charge in [-0.1, -0.05) is 30.3 Å². The molecule has 0 amide bonds. The Morgan fingerprint density at radius 3 is 2.56 bits per heavy atom. The van der Waals surface area contributed by atoms with E-state index in [1.807, 2.05) is 31.3 Å². The van der Waals surface area contributed by atoms with Crippen molar-refractivity contribution in [2.75, 3.05) is 38.1 Å². The molecule has 0 saturated carbocycles. The van der Waals surface area contributed by atoms with Gasteiger partial charge in [0.1, 0.15) is 5.75 Å². The number of fused-ring (bicyclic) bond motifs is 1. The van der Waals surface area contributed by atoms with Crippen LogP contribution in [0, 0.1) is 0 Å². The zero-order chi connectivity index (χ0) is 18.6. The quantitative estimate of drug-likeness (QED) is 0.494. The molecule has 6 nitrogen and oxygen atoms in total. The molecule has 6 heteroatoms. The summed E-state index contributed by atoms with van der Waals surface area (Å²) in [6, 6.07) is 18.0. The molecule has 1 saturated heterocycles. The minimum absolute atomic E-state index is 0.340. The molecule has 0 aliphatic carbocycles. The molecule has 0 atom stereocenters. The van der Waals surface area contributed by atoms with Crippen molar-refractivity contribution in [3.8, 4) is 5.75 Å². The second kappa shape index (κ2) is 7.61. The van der Waals surface area contributed by atoms with Crippen LogP contribution in [0.5, 0.6) is 5.75 Å². The van der Waals surface area contributed by atoms with Crippen molar-refractivity contribution in [3.63, 3.8) is 0 Å². The number of rotatable bonds is 3. The predicted molar refractivity (Wildman–Crippen MR) is 110 cm³/mol. The number of H-pyrrole nitrogens is 1. The number of aromatic amines is 1. The van der Waals surface area contributed by atoms with Crippen LogP contribution in [-0.2, 0) is 6.54 Å². The van der Waals surface area contributed by atoms with Gasteiger partial charge in [-0.2, -0.15) is 0 Å². The van der Waals surface area contributed by atoms with Crippen molar-refractivity contribution in [1.29, 1.82) is 0 Å². The van der Waals surface area contributed by atoms with Gasteiger partial charge in [0.2, 0.25) is 0 Å². The number of hydrogen-bond donors (Lipinski definition) is 3. The fourth-order valence-electron chi connectivity index (χ4n) is 3.63. The Kier molecular flexibility index (Phi) is 4.87. The van der Waals surface area contributed by atoms with E-state index in [2.05, 4.69) is 49.4 Å². The fourth-order valence-corrected chi connectivity index (χ4v) is 3.63. The summed E-state index contributed by atoms with van der Waals surface area (Å²) in [7, 11) is 1.82. The van der Waals surface area contributed by atoms with Gasteiger partial charge < -0.3 is 25.2 Å². The van der Waals surface area contributed by atoms with Crippen LogP contribution in [0.3, 0.4) is 0 Å². The molecule has 0 bridgehead atoms. The lowest BCUT2D eigenvalue weighted by atomic mass is 10.2. The van der Waals surface area contributed by atoms with Crippen LogP contribution in [0.4, 0.5) is 5.69 Å². The fraction of sp³-hybridized carbons (Fsp3) is 0.286. The Labute approximate surface area is 159 Å². The SMILES string of the molecule is CN=C(NCc1cc2ccccc2[nH]1)N1CCN(c2ccccc2O)CC1. The highest BCUT2D eigenvalue weighted by molar-refractivity contribution is 5.82. The number of phenols is 1. The van der Waals surface area contributed by atoms with E-state index in [1.165, 1.54) is 5.39 Å². The van der Waals surface area contributed by atoms with Crippen LogP contribution >= 0.6 is 0 Å². The summed E-state index contributed by atoms with van der Waals surface area (Å²) in [5.41, 5.74) is 3.20. The van der Waals surface area contributed by atoms with Crippen molar-refractivity contribution in [2.45, 2.75) is 6.54 Å². The van der Waals surface area contributed by atoms with Crippen LogP contribution in [0.25, 0.3) is 10.9 Å². The van der Waals surface area contributed by atoms with Crippen LogP contribution in [0.15, 0.2) is 59.6 Å². The molecule has 4 rings (SSSR count). The van der Waals surface area contributed by atoms with E-state index in [9.17, 15) is 5.11 Å². The van der Waals surface area contributed by atoms with Crippen LogP contribution in [0.1, 0.15) is 5.69 Å². The average molecular weight is 363 g/mol. The number of nitrogens with one attached hydrogen (secondary N) is 2. The average Bonchev–Trinajstić information content (AvgIpc) is 3.12. The van der Waals surface area contributed by atoms with Gasteiger partial charge in [-0.05, 0) is 29.7 Å². The van der Waals surface area contributed by atoms with Crippen LogP contribution < -0.4 is 10.2 Å². The third-order valence-corrected chi connectivity index (χ3v) is 5.04. The first kappa shape index (κ1) is 17.3. The smallest absolute Gasteiger partial charge is 0.194 e. The number of phenolic OH excluding ortho intramolecular Hbond substituents is 1. The van der Waals surface area contributed by atoms with E-state index in [1.54, 1.807) is 6.07 Å². The van der Waals surface area contributed by atoms with E-state index >= 15 is 0 Å². The Bertz CT molecular complexity index is 907. The monoisotopic (exact) mass is 363 g/mol. The molecule has 0 radical (unpaired) electrons. The highest BCUT2D eigenvalue weighted by Crippen LogP contribution is 2.27. The summed E-state index contributed by atoms with van der Waals surface area (Å²) in [4.78, 5) is 12.4. The van der Waals surface area contributed by atoms with Gasteiger partial charge in [-0.15, -0.1) is 0 Å². The molecule has 1 aliphatic heterocycles. The van der Waals surface area contributed by atoms with E-state index < -0.39 is 0 Å². The number of hydrogen-bond acceptors (Lipinski definition) is 3. The Hall–Kier alpha value is -3.15. The lowest BCUT2D eigenvalue weighted by molar-refractivity contribution is 0.369. The Morgan fingerprint density at radius 1 is 1.07 bits per heavy atom. The Balaban J connectivity index is 1.36. The number of para-hydroxylation sites is 3. The molecule has 0 spiro atoms. The standard InChI is InChI=1S/C21H25N5O/c1-22-21(23-15-17-14-16-6-2-3-7-18(16)24-17)26-12-10-25(11-13-26)19-8-4-5-9-20(19)27/h2-9,14,24,27H,10-13,15H2,1H3,(H,22,23). The highest BCUT2D eigenvalue weighted by atomic mass is 16.3. The van der Waals surface area contributed by atoms with Gasteiger partial charge in [-0.3, -0.25) is 4.99 Å². The summed E-state index contributed by atoms with van der Waals surface area (Å²) < 4.78 is 0. The topological polar surface area (TPSA) is 66.9 Å². The molecule has 1 fully saturated rings. The first-order valence-corrected chi connectivity index (χ1v) is 9.30. The maximum absolute atomic E-state index is 10.1. The number of guanidine groups is 1. The molecule has 2 aromatic carbocycles. The highest BCUT2D eigenvalue weighted by Gasteiger charge is 2.21. The molecule has 1 aliphatic rings. The number of aromatic nitrogens is 1. The summed E-state index contributed by atoms with van der Waals surface area (Å²) in [6.07, 6.45) is 0. The Morgan fingerprint density at radius 2 is 1.81 bits per heavy atom. The van der Waals surface area contributed by atoms with Crippen LogP contribution in [-0.4, -0.2) is 54.2 Å². The largest absolute Gasteiger partial charge is 0.506 e. The van der Waals surface area contributed by atoms with Crippen molar-refractivity contribution in [2.24, 2.45) is 4.99 Å². The molecule has 3 N–H and O–H groups in total. The predicted octanol–water partition coefficient (Wildman–Crippen LogP) is 2.77. The molecular formula is C21H25N5O. The zero-order valence-corrected chi connectivity index (χ0v) is 15.5. The van der Waals surface area contributed by atoms with E-state index in [-0.39, 0.29) is 0 Å². The maximum atomic E-state index is 10.1. The molecular weight excluding hydrogens is 338 g/mol. The van der Waals surface area contributed by atoms with Gasteiger partial charge in [-0.25, -0.2) is 0 Å². The number of aromatic hydroxyl groups is 1. The summed E-state index contributed by atoms with van der Waals surface area (Å²) in [6.45, 7) is 4.14. The van der Waals surface area contributed by atoms with Gasteiger partial charge in [0.05, 0.1) is 12.2 Å². The summed E-state index contributed by atoms with van der Waals surface area (Å²) >= 11 is 0. The second-order valence-corrected chi connectivity index (χ2v) is 6.75. The maximum Gasteiger partial charge on any atom is 0.194 e. The molecule has 140 valence electrons. The minimum Gasteiger partial charge on any atom is -0.506 e. The number of piperazine rings is 1. The van der Waals surface area contributed by atoms with Gasteiger partial charge in [0.15, 0.2) is 5.96 Å². The zero-order valence-electron chi connectivity index (χ0n) is 15.5. The minimum atomic E-state index is 0.340. The lowest BCUT2D eigenvalue weighted by Crippen LogP contribution is -2.52. The number of anilines is 1. The van der Waals surface area contributed by atoms with E-state index in [0.29, 0.717) is 12.3 Å². The number of benzene rings is 2. The van der Waals surface area contributed by atoms with Gasteiger partial charge >= 0.3 is 0 Å². The summed E-state index contributed by atoms with van der Waals surface area (Å²) in [5, 5.41) is 14.7. The summed E-state index contributed by atoms with van der Waals surface area (Å²) in [5.74, 6) is 1.25.